The van der Waals surface area contributed by atoms with Crippen LogP contribution in [-0.2, 0) is 4.18 Å². The van der Waals surface area contributed by atoms with Crippen molar-refractivity contribution in [2.75, 3.05) is 34.3 Å². The van der Waals surface area contributed by atoms with Crippen molar-refractivity contribution < 1.29 is 8.67 Å². The molecule has 0 saturated heterocycles. The van der Waals surface area contributed by atoms with Crippen LogP contribution < -0.4 is 0 Å². The maximum absolute atomic E-state index is 5.23. The van der Waals surface area contributed by atoms with Gasteiger partial charge in [0.15, 0.2) is 0 Å². The van der Waals surface area contributed by atoms with Gasteiger partial charge in [0.05, 0.1) is 25.3 Å². The molecule has 0 fully saturated rings. The largest absolute Gasteiger partial charge is 0.329 e. The molecule has 0 atom stereocenters. The van der Waals surface area contributed by atoms with E-state index in [2.05, 4.69) is 21.1 Å². The topological polar surface area (TPSA) is 9.23 Å². The van der Waals surface area contributed by atoms with Crippen LogP contribution >= 0.6 is 24.3 Å². The van der Waals surface area contributed by atoms with Crippen LogP contribution in [0.1, 0.15) is 6.92 Å². The molecule has 0 bridgehead atoms. The van der Waals surface area contributed by atoms with E-state index in [1.165, 1.54) is 12.0 Å². The van der Waals surface area contributed by atoms with Gasteiger partial charge in [0.1, 0.15) is 13.2 Å². The minimum atomic E-state index is 0.752. The SMILES string of the molecule is CC(=S)SOCC[N+](C)(C)C. The molecule has 0 heterocycles. The van der Waals surface area contributed by atoms with Gasteiger partial charge in [0.2, 0.25) is 0 Å². The van der Waals surface area contributed by atoms with Crippen molar-refractivity contribution in [2.45, 2.75) is 6.92 Å². The van der Waals surface area contributed by atoms with E-state index in [-0.39, 0.29) is 0 Å². The highest BCUT2D eigenvalue weighted by molar-refractivity contribution is 8.20. The van der Waals surface area contributed by atoms with Gasteiger partial charge in [-0.2, -0.15) is 0 Å². The highest BCUT2D eigenvalue weighted by atomic mass is 32.2. The Hall–Kier alpha value is 0.360. The minimum absolute atomic E-state index is 0.752. The van der Waals surface area contributed by atoms with Gasteiger partial charge in [0.25, 0.3) is 0 Å². The molecule has 0 aromatic carbocycles. The van der Waals surface area contributed by atoms with Gasteiger partial charge >= 0.3 is 0 Å². The Labute approximate surface area is 78.7 Å². The summed E-state index contributed by atoms with van der Waals surface area (Å²) in [5, 5.41) is 0. The highest BCUT2D eigenvalue weighted by Crippen LogP contribution is 2.05. The molecule has 0 aliphatic rings. The zero-order chi connectivity index (χ0) is 8.91. The average molecular weight is 194 g/mol. The minimum Gasteiger partial charge on any atom is -0.329 e. The van der Waals surface area contributed by atoms with Gasteiger partial charge in [-0.3, -0.25) is 0 Å². The lowest BCUT2D eigenvalue weighted by Crippen LogP contribution is -2.37. The Balaban J connectivity index is 3.22. The van der Waals surface area contributed by atoms with Crippen LogP contribution in [0.5, 0.6) is 0 Å². The van der Waals surface area contributed by atoms with Crippen molar-refractivity contribution in [2.24, 2.45) is 0 Å². The summed E-state index contributed by atoms with van der Waals surface area (Å²) in [7, 11) is 6.41. The summed E-state index contributed by atoms with van der Waals surface area (Å²) in [5.74, 6) is 0. The molecule has 11 heavy (non-hydrogen) atoms. The quantitative estimate of drug-likeness (QED) is 0.292. The Morgan fingerprint density at radius 3 is 2.36 bits per heavy atom. The second-order valence-electron chi connectivity index (χ2n) is 3.41. The van der Waals surface area contributed by atoms with E-state index in [9.17, 15) is 0 Å². The monoisotopic (exact) mass is 194 g/mol. The normalized spacial score (nSPS) is 11.6. The average Bonchev–Trinajstić information content (AvgIpc) is 1.78. The summed E-state index contributed by atoms with van der Waals surface area (Å²) < 4.78 is 7.00. The van der Waals surface area contributed by atoms with Crippen LogP contribution in [0.3, 0.4) is 0 Å². The lowest BCUT2D eigenvalue weighted by Gasteiger charge is -2.23. The fourth-order valence-electron chi connectivity index (χ4n) is 0.436. The molecule has 0 aliphatic carbocycles. The third-order valence-corrected chi connectivity index (χ3v) is 1.75. The molecule has 0 rings (SSSR count). The van der Waals surface area contributed by atoms with Gasteiger partial charge in [-0.1, -0.05) is 12.2 Å². The van der Waals surface area contributed by atoms with Gasteiger partial charge in [-0.15, -0.1) is 0 Å². The van der Waals surface area contributed by atoms with Crippen LogP contribution in [0.25, 0.3) is 0 Å². The Bertz CT molecular complexity index is 131. The molecule has 0 N–H and O–H groups in total. The second kappa shape index (κ2) is 5.09. The first kappa shape index (κ1) is 11.4. The molecule has 2 nitrogen and oxygen atoms in total. The van der Waals surface area contributed by atoms with E-state index in [0.717, 1.165) is 21.8 Å². The van der Waals surface area contributed by atoms with Crippen LogP contribution in [0.4, 0.5) is 0 Å². The van der Waals surface area contributed by atoms with Crippen molar-refractivity contribution in [3.63, 3.8) is 0 Å². The number of likely N-dealkylation sites (N-methyl/N-ethyl adjacent to an activating group) is 1. The van der Waals surface area contributed by atoms with Crippen molar-refractivity contribution in [1.29, 1.82) is 0 Å². The first-order valence-corrected chi connectivity index (χ1v) is 4.67. The number of nitrogens with zero attached hydrogens (tertiary/aromatic N) is 1. The molecule has 0 aromatic heterocycles. The van der Waals surface area contributed by atoms with Crippen molar-refractivity contribution in [1.82, 2.24) is 0 Å². The number of thiocarbonyl (C=S) groups is 1. The zero-order valence-electron chi connectivity index (χ0n) is 7.59. The van der Waals surface area contributed by atoms with Crippen LogP contribution in [0, 0.1) is 0 Å². The summed E-state index contributed by atoms with van der Waals surface area (Å²) in [4.78, 5) is 0. The van der Waals surface area contributed by atoms with Crippen LogP contribution in [-0.4, -0.2) is 43.0 Å². The Morgan fingerprint density at radius 1 is 1.45 bits per heavy atom. The summed E-state index contributed by atoms with van der Waals surface area (Å²) in [6, 6.07) is 0. The predicted octanol–water partition coefficient (Wildman–Crippen LogP) is 1.70. The molecular formula is C7H16NOS2+. The molecule has 0 aliphatic heterocycles. The van der Waals surface area contributed by atoms with E-state index in [1.54, 1.807) is 0 Å². The van der Waals surface area contributed by atoms with Crippen molar-refractivity contribution in [3.8, 4) is 0 Å². The van der Waals surface area contributed by atoms with E-state index >= 15 is 0 Å². The third-order valence-electron chi connectivity index (χ3n) is 1.02. The van der Waals surface area contributed by atoms with Gasteiger partial charge in [0, 0.05) is 12.0 Å². The fraction of sp³-hybridized carbons (Fsp3) is 0.857. The molecule has 0 radical (unpaired) electrons. The van der Waals surface area contributed by atoms with E-state index in [1.807, 2.05) is 6.92 Å². The number of rotatable bonds is 4. The highest BCUT2D eigenvalue weighted by Gasteiger charge is 2.05. The Morgan fingerprint density at radius 2 is 2.00 bits per heavy atom. The first-order valence-electron chi connectivity index (χ1n) is 3.52. The van der Waals surface area contributed by atoms with Crippen LogP contribution in [0.2, 0.25) is 0 Å². The first-order chi connectivity index (χ1) is 4.92. The number of quaternary nitrogens is 1. The van der Waals surface area contributed by atoms with Crippen molar-refractivity contribution >= 4 is 28.5 Å². The summed E-state index contributed by atoms with van der Waals surface area (Å²) in [5.41, 5.74) is 0. The summed E-state index contributed by atoms with van der Waals surface area (Å²) in [6.45, 7) is 3.63. The Kier molecular flexibility index (Phi) is 5.25. The fourth-order valence-corrected chi connectivity index (χ4v) is 0.904. The maximum atomic E-state index is 5.23. The van der Waals surface area contributed by atoms with Gasteiger partial charge in [-0.25, -0.2) is 0 Å². The molecular weight excluding hydrogens is 178 g/mol. The summed E-state index contributed by atoms with van der Waals surface area (Å²) >= 11 is 6.13. The summed E-state index contributed by atoms with van der Waals surface area (Å²) in [6.07, 6.45) is 0. The van der Waals surface area contributed by atoms with Crippen molar-refractivity contribution in [3.05, 3.63) is 0 Å². The van der Waals surface area contributed by atoms with E-state index in [4.69, 9.17) is 16.4 Å². The van der Waals surface area contributed by atoms with Crippen LogP contribution in [0.15, 0.2) is 0 Å². The maximum Gasteiger partial charge on any atom is 0.111 e. The predicted molar refractivity (Wildman–Crippen MR) is 54.7 cm³/mol. The molecule has 0 aromatic rings. The number of hydrogen-bond acceptors (Lipinski definition) is 3. The van der Waals surface area contributed by atoms with Gasteiger partial charge < -0.3 is 8.67 Å². The number of hydrogen-bond donors (Lipinski definition) is 0. The molecule has 0 spiro atoms. The zero-order valence-corrected chi connectivity index (χ0v) is 9.22. The molecule has 66 valence electrons. The van der Waals surface area contributed by atoms with E-state index in [0.29, 0.717) is 0 Å². The standard InChI is InChI=1S/C7H16NOS2/c1-7(10)11-9-6-5-8(2,3)4/h5-6H2,1-4H3/q+1. The lowest BCUT2D eigenvalue weighted by molar-refractivity contribution is -0.870. The molecule has 0 unspecified atom stereocenters. The van der Waals surface area contributed by atoms with Gasteiger partial charge in [-0.05, 0) is 6.92 Å². The third kappa shape index (κ3) is 10.4. The molecule has 4 heteroatoms. The smallest absolute Gasteiger partial charge is 0.111 e. The lowest BCUT2D eigenvalue weighted by atomic mass is 10.5. The van der Waals surface area contributed by atoms with E-state index < -0.39 is 0 Å². The molecule has 0 amide bonds. The molecule has 0 saturated carbocycles. The second-order valence-corrected chi connectivity index (χ2v) is 5.30.